The van der Waals surface area contributed by atoms with E-state index in [1.165, 1.54) is 6.07 Å². The first kappa shape index (κ1) is 13.0. The number of para-hydroxylation sites is 2. The molecule has 0 aliphatic heterocycles. The molecule has 2 aromatic carbocycles. The Hall–Kier alpha value is -0.980. The molecule has 0 unspecified atom stereocenters. The molecule has 0 saturated carbocycles. The molecule has 0 bridgehead atoms. The zero-order valence-corrected chi connectivity index (χ0v) is 13.4. The van der Waals surface area contributed by atoms with Crippen LogP contribution in [0.5, 0.6) is 0 Å². The van der Waals surface area contributed by atoms with Crippen molar-refractivity contribution in [3.05, 3.63) is 55.9 Å². The number of benzene rings is 2. The van der Waals surface area contributed by atoms with Gasteiger partial charge in [-0.05, 0) is 68.3 Å². The Balaban J connectivity index is 2.47. The van der Waals surface area contributed by atoms with E-state index in [0.29, 0.717) is 15.8 Å². The predicted molar refractivity (Wildman–Crippen MR) is 83.8 cm³/mol. The van der Waals surface area contributed by atoms with Crippen molar-refractivity contribution in [1.82, 2.24) is 9.55 Å². The van der Waals surface area contributed by atoms with Crippen LogP contribution in [-0.4, -0.2) is 9.55 Å². The van der Waals surface area contributed by atoms with Gasteiger partial charge in [-0.15, -0.1) is 0 Å². The number of rotatable bonds is 1. The molecule has 1 heterocycles. The average Bonchev–Trinajstić information content (AvgIpc) is 2.68. The molecule has 0 spiro atoms. The lowest BCUT2D eigenvalue weighted by Gasteiger charge is -2.09. The number of fused-ring (bicyclic) bond motifs is 1. The number of halogens is 3. The summed E-state index contributed by atoms with van der Waals surface area (Å²) in [6.07, 6.45) is 0. The highest BCUT2D eigenvalue weighted by Gasteiger charge is 2.14. The second-order valence-corrected chi connectivity index (χ2v) is 6.07. The van der Waals surface area contributed by atoms with E-state index >= 15 is 0 Å². The largest absolute Gasteiger partial charge is 0.328 e. The molecule has 3 rings (SSSR count). The minimum Gasteiger partial charge on any atom is -0.328 e. The Morgan fingerprint density at radius 1 is 1.05 bits per heavy atom. The van der Waals surface area contributed by atoms with Crippen molar-refractivity contribution < 1.29 is 4.39 Å². The number of imidazole rings is 1. The molecule has 0 aliphatic carbocycles. The fraction of sp³-hybridized carbons (Fsp3) is 0. The van der Waals surface area contributed by atoms with Gasteiger partial charge in [-0.1, -0.05) is 12.1 Å². The monoisotopic (exact) mass is 400 g/mol. The highest BCUT2D eigenvalue weighted by molar-refractivity contribution is 9.11. The van der Waals surface area contributed by atoms with Crippen LogP contribution in [0, 0.1) is 10.6 Å². The molecule has 0 aliphatic rings. The van der Waals surface area contributed by atoms with E-state index in [0.717, 1.165) is 14.6 Å². The van der Waals surface area contributed by atoms with Crippen molar-refractivity contribution >= 4 is 55.1 Å². The van der Waals surface area contributed by atoms with Gasteiger partial charge in [0.2, 0.25) is 0 Å². The zero-order chi connectivity index (χ0) is 13.6. The van der Waals surface area contributed by atoms with Gasteiger partial charge in [0, 0.05) is 8.95 Å². The summed E-state index contributed by atoms with van der Waals surface area (Å²) >= 11 is 12.3. The summed E-state index contributed by atoms with van der Waals surface area (Å²) < 4.78 is 17.8. The van der Waals surface area contributed by atoms with Gasteiger partial charge in [0.1, 0.15) is 11.3 Å². The first-order chi connectivity index (χ1) is 9.09. The lowest BCUT2D eigenvalue weighted by atomic mass is 10.2. The van der Waals surface area contributed by atoms with E-state index in [1.807, 2.05) is 28.8 Å². The fourth-order valence-corrected chi connectivity index (χ4v) is 3.66. The lowest BCUT2D eigenvalue weighted by molar-refractivity contribution is 0.637. The van der Waals surface area contributed by atoms with Gasteiger partial charge in [0.05, 0.1) is 11.2 Å². The smallest absolute Gasteiger partial charge is 0.182 e. The average molecular weight is 402 g/mol. The van der Waals surface area contributed by atoms with E-state index in [2.05, 4.69) is 36.8 Å². The first-order valence-corrected chi connectivity index (χ1v) is 7.42. The van der Waals surface area contributed by atoms with Gasteiger partial charge in [-0.2, -0.15) is 0 Å². The summed E-state index contributed by atoms with van der Waals surface area (Å²) in [5.41, 5.74) is 1.97. The van der Waals surface area contributed by atoms with Crippen molar-refractivity contribution in [2.75, 3.05) is 0 Å². The maximum Gasteiger partial charge on any atom is 0.182 e. The molecular formula is C13H7Br2FN2S. The van der Waals surface area contributed by atoms with Crippen molar-refractivity contribution in [1.29, 1.82) is 0 Å². The maximum absolute atomic E-state index is 13.8. The Morgan fingerprint density at radius 3 is 2.37 bits per heavy atom. The van der Waals surface area contributed by atoms with Crippen molar-refractivity contribution in [3.63, 3.8) is 0 Å². The van der Waals surface area contributed by atoms with E-state index in [1.54, 1.807) is 6.07 Å². The van der Waals surface area contributed by atoms with Gasteiger partial charge >= 0.3 is 0 Å². The van der Waals surface area contributed by atoms with Crippen LogP contribution in [0.4, 0.5) is 4.39 Å². The molecule has 0 amide bonds. The standard InChI is InChI=1S/C13H7Br2FN2S/c14-7-3-1-4-8(15)12(7)18-10-6-2-5-9(16)11(10)17-13(18)19/h1-6H,(H,17,19). The minimum atomic E-state index is -0.314. The van der Waals surface area contributed by atoms with Crippen molar-refractivity contribution in [2.24, 2.45) is 0 Å². The SMILES string of the molecule is Fc1cccc2c1[nH]c(=S)n2-c1c(Br)cccc1Br. The van der Waals surface area contributed by atoms with E-state index in [-0.39, 0.29) is 5.82 Å². The molecular weight excluding hydrogens is 395 g/mol. The molecule has 6 heteroatoms. The maximum atomic E-state index is 13.8. The van der Waals surface area contributed by atoms with Gasteiger partial charge in [-0.25, -0.2) is 4.39 Å². The van der Waals surface area contributed by atoms with E-state index in [9.17, 15) is 4.39 Å². The van der Waals surface area contributed by atoms with Crippen molar-refractivity contribution in [3.8, 4) is 5.69 Å². The Bertz CT molecular complexity index is 818. The first-order valence-electron chi connectivity index (χ1n) is 5.43. The van der Waals surface area contributed by atoms with Crippen LogP contribution in [0.25, 0.3) is 16.7 Å². The number of nitrogens with zero attached hydrogens (tertiary/aromatic N) is 1. The Kier molecular flexibility index (Phi) is 3.32. The van der Waals surface area contributed by atoms with Crippen molar-refractivity contribution in [2.45, 2.75) is 0 Å². The molecule has 0 radical (unpaired) electrons. The number of hydrogen-bond acceptors (Lipinski definition) is 1. The summed E-state index contributed by atoms with van der Waals surface area (Å²) in [7, 11) is 0. The van der Waals surface area contributed by atoms with Gasteiger partial charge in [-0.3, -0.25) is 4.57 Å². The summed E-state index contributed by atoms with van der Waals surface area (Å²) in [4.78, 5) is 2.91. The van der Waals surface area contributed by atoms with Gasteiger partial charge in [0.15, 0.2) is 4.77 Å². The molecule has 3 aromatic rings. The second-order valence-electron chi connectivity index (χ2n) is 3.97. The normalized spacial score (nSPS) is 11.1. The third kappa shape index (κ3) is 2.07. The van der Waals surface area contributed by atoms with Crippen LogP contribution in [0.2, 0.25) is 0 Å². The number of H-pyrrole nitrogens is 1. The highest BCUT2D eigenvalue weighted by Crippen LogP contribution is 2.32. The van der Waals surface area contributed by atoms with Crippen LogP contribution in [0.3, 0.4) is 0 Å². The van der Waals surface area contributed by atoms with E-state index in [4.69, 9.17) is 12.2 Å². The van der Waals surface area contributed by atoms with Crippen LogP contribution in [-0.2, 0) is 0 Å². The molecule has 0 fully saturated rings. The molecule has 19 heavy (non-hydrogen) atoms. The topological polar surface area (TPSA) is 20.7 Å². The number of nitrogens with one attached hydrogen (secondary N) is 1. The Labute approximate surface area is 130 Å². The summed E-state index contributed by atoms with van der Waals surface area (Å²) in [5, 5.41) is 0. The molecule has 0 atom stereocenters. The molecule has 2 nitrogen and oxygen atoms in total. The van der Waals surface area contributed by atoms with E-state index < -0.39 is 0 Å². The minimum absolute atomic E-state index is 0.314. The number of aromatic amines is 1. The lowest BCUT2D eigenvalue weighted by Crippen LogP contribution is -1.96. The fourth-order valence-electron chi connectivity index (χ4n) is 2.02. The van der Waals surface area contributed by atoms with Crippen LogP contribution >= 0.6 is 44.1 Å². The van der Waals surface area contributed by atoms with Crippen LogP contribution in [0.1, 0.15) is 0 Å². The molecule has 1 N–H and O–H groups in total. The van der Waals surface area contributed by atoms with Crippen LogP contribution in [0.15, 0.2) is 45.3 Å². The highest BCUT2D eigenvalue weighted by atomic mass is 79.9. The summed E-state index contributed by atoms with van der Waals surface area (Å²) in [5.74, 6) is -0.314. The van der Waals surface area contributed by atoms with Gasteiger partial charge < -0.3 is 4.98 Å². The molecule has 96 valence electrons. The predicted octanol–water partition coefficient (Wildman–Crippen LogP) is 5.35. The second kappa shape index (κ2) is 4.85. The summed E-state index contributed by atoms with van der Waals surface area (Å²) in [6.45, 7) is 0. The Morgan fingerprint density at radius 2 is 1.68 bits per heavy atom. The number of hydrogen-bond donors (Lipinski definition) is 1. The number of aromatic nitrogens is 2. The third-order valence-corrected chi connectivity index (χ3v) is 4.39. The molecule has 1 aromatic heterocycles. The third-order valence-electron chi connectivity index (χ3n) is 2.83. The summed E-state index contributed by atoms with van der Waals surface area (Å²) in [6, 6.07) is 10.7. The molecule has 0 saturated heterocycles. The van der Waals surface area contributed by atoms with Gasteiger partial charge in [0.25, 0.3) is 0 Å². The zero-order valence-electron chi connectivity index (χ0n) is 9.45. The quantitative estimate of drug-likeness (QED) is 0.545. The van der Waals surface area contributed by atoms with Crippen LogP contribution < -0.4 is 0 Å².